The van der Waals surface area contributed by atoms with Crippen molar-refractivity contribution in [2.75, 3.05) is 13.7 Å². The topological polar surface area (TPSA) is 98.5 Å². The highest BCUT2D eigenvalue weighted by atomic mass is 35.5. The van der Waals surface area contributed by atoms with Crippen LogP contribution < -0.4 is 10.5 Å². The molecular formula is C15H25ClN2O4S. The molecule has 0 radical (unpaired) electrons. The lowest BCUT2D eigenvalue weighted by atomic mass is 10.1. The lowest BCUT2D eigenvalue weighted by molar-refractivity contribution is 0.0600. The molecule has 3 N–H and O–H groups in total. The summed E-state index contributed by atoms with van der Waals surface area (Å²) in [6.45, 7) is 5.89. The number of aryl methyl sites for hydroxylation is 1. The van der Waals surface area contributed by atoms with Gasteiger partial charge >= 0.3 is 5.97 Å². The van der Waals surface area contributed by atoms with Crippen LogP contribution >= 0.6 is 12.4 Å². The monoisotopic (exact) mass is 364 g/mol. The van der Waals surface area contributed by atoms with Crippen molar-refractivity contribution >= 4 is 28.4 Å². The number of nitrogens with one attached hydrogen (secondary N) is 1. The Morgan fingerprint density at radius 1 is 1.35 bits per heavy atom. The summed E-state index contributed by atoms with van der Waals surface area (Å²) in [5.74, 6) is -0.257. The van der Waals surface area contributed by atoms with Crippen LogP contribution in [-0.4, -0.2) is 34.1 Å². The fourth-order valence-corrected chi connectivity index (χ4v) is 3.71. The minimum atomic E-state index is -3.75. The molecule has 1 rings (SSSR count). The van der Waals surface area contributed by atoms with E-state index < -0.39 is 16.0 Å². The molecule has 0 saturated carbocycles. The number of hydrogen-bond donors (Lipinski definition) is 2. The Labute approximate surface area is 144 Å². The van der Waals surface area contributed by atoms with E-state index in [9.17, 15) is 13.2 Å². The molecule has 0 heterocycles. The van der Waals surface area contributed by atoms with Crippen LogP contribution in [0.3, 0.4) is 0 Å². The van der Waals surface area contributed by atoms with Crippen LogP contribution in [0.5, 0.6) is 0 Å². The Morgan fingerprint density at radius 3 is 2.43 bits per heavy atom. The molecule has 0 amide bonds. The largest absolute Gasteiger partial charge is 0.465 e. The fourth-order valence-electron chi connectivity index (χ4n) is 2.18. The average Bonchev–Trinajstić information content (AvgIpc) is 2.45. The second-order valence-corrected chi connectivity index (χ2v) is 7.34. The summed E-state index contributed by atoms with van der Waals surface area (Å²) in [7, 11) is -2.50. The predicted octanol–water partition coefficient (Wildman–Crippen LogP) is 1.86. The number of benzene rings is 1. The van der Waals surface area contributed by atoms with Gasteiger partial charge in [-0.3, -0.25) is 0 Å². The highest BCUT2D eigenvalue weighted by molar-refractivity contribution is 7.89. The van der Waals surface area contributed by atoms with Gasteiger partial charge in [-0.1, -0.05) is 19.9 Å². The summed E-state index contributed by atoms with van der Waals surface area (Å²) in [5.41, 5.74) is 6.39. The molecule has 132 valence electrons. The first kappa shape index (κ1) is 21.9. The average molecular weight is 365 g/mol. The number of hydrogen-bond acceptors (Lipinski definition) is 5. The van der Waals surface area contributed by atoms with Crippen molar-refractivity contribution in [3.63, 3.8) is 0 Å². The number of sulfonamides is 1. The number of rotatable bonds is 7. The van der Waals surface area contributed by atoms with E-state index in [0.717, 1.165) is 0 Å². The van der Waals surface area contributed by atoms with E-state index in [4.69, 9.17) is 5.73 Å². The molecule has 0 aliphatic carbocycles. The van der Waals surface area contributed by atoms with Crippen LogP contribution in [0.4, 0.5) is 0 Å². The molecule has 0 aromatic heterocycles. The zero-order chi connectivity index (χ0) is 16.9. The minimum Gasteiger partial charge on any atom is -0.465 e. The van der Waals surface area contributed by atoms with Crippen LogP contribution in [0.15, 0.2) is 23.1 Å². The molecule has 0 aliphatic rings. The summed E-state index contributed by atoms with van der Waals surface area (Å²) in [5, 5.41) is 0. The van der Waals surface area contributed by atoms with E-state index in [1.54, 1.807) is 13.0 Å². The van der Waals surface area contributed by atoms with E-state index >= 15 is 0 Å². The minimum absolute atomic E-state index is 0. The number of ether oxygens (including phenoxy) is 1. The molecule has 0 saturated heterocycles. The fraction of sp³-hybridized carbons (Fsp3) is 0.533. The molecule has 0 aliphatic heterocycles. The van der Waals surface area contributed by atoms with Gasteiger partial charge in [0.1, 0.15) is 0 Å². The maximum atomic E-state index is 12.5. The lowest BCUT2D eigenvalue weighted by Crippen LogP contribution is -2.41. The van der Waals surface area contributed by atoms with Crippen molar-refractivity contribution in [3.8, 4) is 0 Å². The van der Waals surface area contributed by atoms with Gasteiger partial charge in [-0.2, -0.15) is 0 Å². The quantitative estimate of drug-likeness (QED) is 0.719. The van der Waals surface area contributed by atoms with Crippen LogP contribution in [-0.2, 0) is 14.8 Å². The van der Waals surface area contributed by atoms with Crippen molar-refractivity contribution in [1.29, 1.82) is 0 Å². The number of esters is 1. The van der Waals surface area contributed by atoms with Crippen molar-refractivity contribution < 1.29 is 17.9 Å². The predicted molar refractivity (Wildman–Crippen MR) is 92.4 cm³/mol. The first-order chi connectivity index (χ1) is 10.2. The molecule has 1 aromatic rings. The Hall–Kier alpha value is -1.15. The summed E-state index contributed by atoms with van der Waals surface area (Å²) >= 11 is 0. The summed E-state index contributed by atoms with van der Waals surface area (Å²) in [6, 6.07) is 4.10. The molecular weight excluding hydrogens is 340 g/mol. The summed E-state index contributed by atoms with van der Waals surface area (Å²) in [4.78, 5) is 11.6. The molecule has 6 nitrogen and oxygen atoms in total. The molecule has 0 bridgehead atoms. The normalized spacial score (nSPS) is 12.6. The first-order valence-electron chi connectivity index (χ1n) is 7.12. The lowest BCUT2D eigenvalue weighted by Gasteiger charge is -2.19. The third-order valence-corrected chi connectivity index (χ3v) is 4.92. The van der Waals surface area contributed by atoms with Crippen molar-refractivity contribution in [1.82, 2.24) is 4.72 Å². The van der Waals surface area contributed by atoms with E-state index in [0.29, 0.717) is 17.9 Å². The number of nitrogens with two attached hydrogens (primary N) is 1. The molecule has 0 fully saturated rings. The molecule has 1 unspecified atom stereocenters. The zero-order valence-corrected chi connectivity index (χ0v) is 15.5. The van der Waals surface area contributed by atoms with Gasteiger partial charge in [-0.15, -0.1) is 12.4 Å². The summed E-state index contributed by atoms with van der Waals surface area (Å²) < 4.78 is 32.3. The third-order valence-electron chi connectivity index (χ3n) is 3.26. The molecule has 23 heavy (non-hydrogen) atoms. The van der Waals surface area contributed by atoms with Gasteiger partial charge in [0.05, 0.1) is 17.6 Å². The molecule has 0 spiro atoms. The van der Waals surface area contributed by atoms with Gasteiger partial charge < -0.3 is 10.5 Å². The van der Waals surface area contributed by atoms with E-state index in [1.807, 2.05) is 13.8 Å². The molecule has 1 atom stereocenters. The van der Waals surface area contributed by atoms with Gasteiger partial charge in [-0.05, 0) is 37.0 Å². The van der Waals surface area contributed by atoms with Crippen molar-refractivity contribution in [2.45, 2.75) is 38.1 Å². The zero-order valence-electron chi connectivity index (χ0n) is 13.8. The molecule has 8 heteroatoms. The van der Waals surface area contributed by atoms with Crippen LogP contribution in [0.25, 0.3) is 0 Å². The maximum absolute atomic E-state index is 12.5. The van der Waals surface area contributed by atoms with Crippen molar-refractivity contribution in [2.24, 2.45) is 11.7 Å². The van der Waals surface area contributed by atoms with Gasteiger partial charge in [0.25, 0.3) is 0 Å². The van der Waals surface area contributed by atoms with E-state index in [1.165, 1.54) is 19.2 Å². The van der Waals surface area contributed by atoms with Gasteiger partial charge in [-0.25, -0.2) is 17.9 Å². The Kier molecular flexibility index (Phi) is 8.76. The Balaban J connectivity index is 0.00000484. The standard InChI is InChI=1S/C15H24N2O4S.ClH/c1-10(2)7-13(9-16)17-22(19,20)14-8-12(15(18)21-4)6-5-11(14)3;/h5-6,8,10,13,17H,7,9,16H2,1-4H3;1H. The molecule has 1 aromatic carbocycles. The maximum Gasteiger partial charge on any atom is 0.337 e. The van der Waals surface area contributed by atoms with E-state index in [-0.39, 0.29) is 35.5 Å². The third kappa shape index (κ3) is 6.10. The van der Waals surface area contributed by atoms with E-state index in [2.05, 4.69) is 9.46 Å². The van der Waals surface area contributed by atoms with Crippen LogP contribution in [0.1, 0.15) is 36.2 Å². The Bertz CT molecular complexity index is 632. The van der Waals surface area contributed by atoms with Crippen molar-refractivity contribution in [3.05, 3.63) is 29.3 Å². The number of halogens is 1. The number of carbonyl (C=O) groups excluding carboxylic acids is 1. The highest BCUT2D eigenvalue weighted by Crippen LogP contribution is 2.19. The number of carbonyl (C=O) groups is 1. The van der Waals surface area contributed by atoms with Gasteiger partial charge in [0, 0.05) is 12.6 Å². The summed E-state index contributed by atoms with van der Waals surface area (Å²) in [6.07, 6.45) is 0.644. The smallest absolute Gasteiger partial charge is 0.337 e. The van der Waals surface area contributed by atoms with Crippen LogP contribution in [0, 0.1) is 12.8 Å². The second-order valence-electron chi connectivity index (χ2n) is 5.66. The first-order valence-corrected chi connectivity index (χ1v) is 8.61. The number of methoxy groups -OCH3 is 1. The SMILES string of the molecule is COC(=O)c1ccc(C)c(S(=O)(=O)NC(CN)CC(C)C)c1.Cl. The second kappa shape index (κ2) is 9.22. The van der Waals surface area contributed by atoms with Gasteiger partial charge in [0.15, 0.2) is 0 Å². The van der Waals surface area contributed by atoms with Gasteiger partial charge in [0.2, 0.25) is 10.0 Å². The van der Waals surface area contributed by atoms with Crippen LogP contribution in [0.2, 0.25) is 0 Å². The Morgan fingerprint density at radius 2 is 1.96 bits per heavy atom. The highest BCUT2D eigenvalue weighted by Gasteiger charge is 2.23.